The monoisotopic (exact) mass is 476 g/mol. The molecule has 2 amide bonds. The number of hydrogen-bond acceptors (Lipinski definition) is 4. The van der Waals surface area contributed by atoms with E-state index in [9.17, 15) is 9.59 Å². The van der Waals surface area contributed by atoms with Crippen LogP contribution in [0.5, 0.6) is 0 Å². The van der Waals surface area contributed by atoms with Crippen LogP contribution >= 0.6 is 11.3 Å². The maximum Gasteiger partial charge on any atom is 0.257 e. The lowest BCUT2D eigenvalue weighted by Gasteiger charge is -2.34. The summed E-state index contributed by atoms with van der Waals surface area (Å²) in [6.07, 6.45) is 8.05. The third-order valence-corrected chi connectivity index (χ3v) is 7.86. The minimum Gasteiger partial charge on any atom is -0.342 e. The Hall–Kier alpha value is -2.93. The molecule has 1 aromatic carbocycles. The number of hydrogen-bond donors (Lipinski definition) is 0. The van der Waals surface area contributed by atoms with Gasteiger partial charge >= 0.3 is 0 Å². The van der Waals surface area contributed by atoms with Gasteiger partial charge in [0, 0.05) is 38.3 Å². The minimum absolute atomic E-state index is 0.0170. The van der Waals surface area contributed by atoms with E-state index in [1.54, 1.807) is 11.3 Å². The van der Waals surface area contributed by atoms with Crippen LogP contribution in [0.15, 0.2) is 54.0 Å². The van der Waals surface area contributed by atoms with Gasteiger partial charge in [-0.3, -0.25) is 14.3 Å². The highest BCUT2D eigenvalue weighted by molar-refractivity contribution is 7.13. The van der Waals surface area contributed by atoms with Gasteiger partial charge in [0.25, 0.3) is 5.91 Å². The van der Waals surface area contributed by atoms with E-state index >= 15 is 0 Å². The van der Waals surface area contributed by atoms with Crippen LogP contribution in [0.3, 0.4) is 0 Å². The van der Waals surface area contributed by atoms with Gasteiger partial charge in [-0.2, -0.15) is 5.10 Å². The molecule has 7 heteroatoms. The Morgan fingerprint density at radius 2 is 1.62 bits per heavy atom. The molecule has 5 rings (SSSR count). The van der Waals surface area contributed by atoms with Crippen LogP contribution in [-0.2, 0) is 11.3 Å². The lowest BCUT2D eigenvalue weighted by molar-refractivity contribution is -0.136. The zero-order chi connectivity index (χ0) is 23.3. The maximum atomic E-state index is 13.6. The number of benzene rings is 1. The van der Waals surface area contributed by atoms with E-state index in [2.05, 4.69) is 17.0 Å². The Morgan fingerprint density at radius 3 is 2.29 bits per heavy atom. The number of amides is 2. The molecule has 178 valence electrons. The third-order valence-electron chi connectivity index (χ3n) is 6.98. The first-order chi connectivity index (χ1) is 16.7. The number of aromatic nitrogens is 2. The normalized spacial score (nSPS) is 17.5. The summed E-state index contributed by atoms with van der Waals surface area (Å²) in [6, 6.07) is 14.2. The minimum atomic E-state index is 0.0170. The van der Waals surface area contributed by atoms with Crippen LogP contribution in [0.2, 0.25) is 0 Å². The van der Waals surface area contributed by atoms with Gasteiger partial charge in [0.2, 0.25) is 5.91 Å². The Morgan fingerprint density at radius 1 is 0.882 bits per heavy atom. The van der Waals surface area contributed by atoms with Crippen molar-refractivity contribution in [2.75, 3.05) is 26.2 Å². The van der Waals surface area contributed by atoms with Crippen LogP contribution in [0.1, 0.15) is 54.4 Å². The Balaban J connectivity index is 1.29. The van der Waals surface area contributed by atoms with Crippen molar-refractivity contribution in [3.63, 3.8) is 0 Å². The molecular formula is C27H32N4O2S. The van der Waals surface area contributed by atoms with Gasteiger partial charge in [0.1, 0.15) is 5.69 Å². The standard InChI is InChI=1S/C27H32N4O2S/c32-26(29-14-6-1-2-7-15-29)22-12-16-30(17-13-22)27(33)23-20-31(19-21-9-4-3-5-10-21)28-25(23)24-11-8-18-34-24/h3-5,8-11,18,20,22H,1-2,6-7,12-17,19H2. The molecule has 2 fully saturated rings. The molecule has 0 atom stereocenters. The highest BCUT2D eigenvalue weighted by atomic mass is 32.1. The molecule has 0 aliphatic carbocycles. The van der Waals surface area contributed by atoms with E-state index in [4.69, 9.17) is 5.10 Å². The van der Waals surface area contributed by atoms with E-state index < -0.39 is 0 Å². The van der Waals surface area contributed by atoms with Gasteiger partial charge in [0.15, 0.2) is 0 Å². The number of carbonyl (C=O) groups is 2. The van der Waals surface area contributed by atoms with Gasteiger partial charge in [0.05, 0.1) is 17.0 Å². The second-order valence-corrected chi connectivity index (χ2v) is 10.3. The van der Waals surface area contributed by atoms with E-state index in [1.165, 1.54) is 12.8 Å². The second kappa shape index (κ2) is 10.6. The topological polar surface area (TPSA) is 58.4 Å². The zero-order valence-electron chi connectivity index (χ0n) is 19.6. The van der Waals surface area contributed by atoms with Gasteiger partial charge in [-0.25, -0.2) is 0 Å². The molecule has 6 nitrogen and oxygen atoms in total. The van der Waals surface area contributed by atoms with Crippen molar-refractivity contribution < 1.29 is 9.59 Å². The van der Waals surface area contributed by atoms with Crippen LogP contribution in [0.25, 0.3) is 10.6 Å². The lowest BCUT2D eigenvalue weighted by atomic mass is 9.94. The van der Waals surface area contributed by atoms with E-state index in [-0.39, 0.29) is 11.8 Å². The van der Waals surface area contributed by atoms with E-state index in [0.29, 0.717) is 31.1 Å². The fourth-order valence-corrected chi connectivity index (χ4v) is 5.80. The van der Waals surface area contributed by atoms with Crippen molar-refractivity contribution in [3.05, 3.63) is 65.2 Å². The van der Waals surface area contributed by atoms with Crippen LogP contribution < -0.4 is 0 Å². The number of rotatable bonds is 5. The summed E-state index contributed by atoms with van der Waals surface area (Å²) in [6.45, 7) is 3.65. The molecule has 3 aromatic rings. The second-order valence-electron chi connectivity index (χ2n) is 9.36. The molecule has 4 heterocycles. The molecule has 0 saturated carbocycles. The first-order valence-corrected chi connectivity index (χ1v) is 13.3. The lowest BCUT2D eigenvalue weighted by Crippen LogP contribution is -2.44. The van der Waals surface area contributed by atoms with Gasteiger partial charge in [-0.1, -0.05) is 49.2 Å². The Kier molecular flexibility index (Phi) is 7.09. The van der Waals surface area contributed by atoms with Gasteiger partial charge < -0.3 is 9.80 Å². The molecule has 2 aliphatic heterocycles. The summed E-state index contributed by atoms with van der Waals surface area (Å²) < 4.78 is 1.87. The summed E-state index contributed by atoms with van der Waals surface area (Å²) in [7, 11) is 0. The highest BCUT2D eigenvalue weighted by Gasteiger charge is 2.32. The largest absolute Gasteiger partial charge is 0.342 e. The number of thiophene rings is 1. The van der Waals surface area contributed by atoms with Crippen LogP contribution in [-0.4, -0.2) is 57.6 Å². The van der Waals surface area contributed by atoms with Crippen LogP contribution in [0.4, 0.5) is 0 Å². The predicted molar refractivity (Wildman–Crippen MR) is 135 cm³/mol. The van der Waals surface area contributed by atoms with Crippen molar-refractivity contribution >= 4 is 23.2 Å². The van der Waals surface area contributed by atoms with Crippen LogP contribution in [0, 0.1) is 5.92 Å². The molecule has 2 saturated heterocycles. The smallest absolute Gasteiger partial charge is 0.257 e. The van der Waals surface area contributed by atoms with Crippen molar-refractivity contribution in [1.29, 1.82) is 0 Å². The summed E-state index contributed by atoms with van der Waals surface area (Å²) in [5, 5.41) is 6.81. The van der Waals surface area contributed by atoms with E-state index in [0.717, 1.165) is 54.9 Å². The number of nitrogens with zero attached hydrogens (tertiary/aromatic N) is 4. The SMILES string of the molecule is O=C(c1cn(Cc2ccccc2)nc1-c1cccs1)N1CCC(C(=O)N2CCCCCC2)CC1. The summed E-state index contributed by atoms with van der Waals surface area (Å²) >= 11 is 1.60. The fraction of sp³-hybridized carbons (Fsp3) is 0.444. The molecule has 2 aliphatic rings. The fourth-order valence-electron chi connectivity index (χ4n) is 5.07. The maximum absolute atomic E-state index is 13.6. The van der Waals surface area contributed by atoms with Crippen molar-refractivity contribution in [2.24, 2.45) is 5.92 Å². The predicted octanol–water partition coefficient (Wildman–Crippen LogP) is 4.91. The molecule has 2 aromatic heterocycles. The zero-order valence-corrected chi connectivity index (χ0v) is 20.4. The first kappa shape index (κ1) is 22.8. The first-order valence-electron chi connectivity index (χ1n) is 12.4. The molecule has 0 N–H and O–H groups in total. The van der Waals surface area contributed by atoms with E-state index in [1.807, 2.05) is 51.5 Å². The molecule has 0 unspecified atom stereocenters. The molecular weight excluding hydrogens is 444 g/mol. The molecule has 0 bridgehead atoms. The highest BCUT2D eigenvalue weighted by Crippen LogP contribution is 2.29. The Bertz CT molecular complexity index is 1090. The average Bonchev–Trinajstić information content (AvgIpc) is 3.47. The molecule has 0 radical (unpaired) electrons. The Labute approximate surface area is 205 Å². The molecule has 0 spiro atoms. The van der Waals surface area contributed by atoms with Crippen molar-refractivity contribution in [1.82, 2.24) is 19.6 Å². The summed E-state index contributed by atoms with van der Waals surface area (Å²) in [5.74, 6) is 0.354. The van der Waals surface area contributed by atoms with Gasteiger partial charge in [-0.05, 0) is 42.7 Å². The quantitative estimate of drug-likeness (QED) is 0.525. The van der Waals surface area contributed by atoms with Crippen molar-refractivity contribution in [2.45, 2.75) is 45.1 Å². The third kappa shape index (κ3) is 5.09. The molecule has 34 heavy (non-hydrogen) atoms. The number of piperidine rings is 1. The van der Waals surface area contributed by atoms with Crippen molar-refractivity contribution in [3.8, 4) is 10.6 Å². The number of likely N-dealkylation sites (tertiary alicyclic amines) is 2. The summed E-state index contributed by atoms with van der Waals surface area (Å²) in [4.78, 5) is 31.6. The number of carbonyl (C=O) groups excluding carboxylic acids is 2. The average molecular weight is 477 g/mol. The van der Waals surface area contributed by atoms with Gasteiger partial charge in [-0.15, -0.1) is 11.3 Å². The summed E-state index contributed by atoms with van der Waals surface area (Å²) in [5.41, 5.74) is 2.55.